The Hall–Kier alpha value is -2.21. The summed E-state index contributed by atoms with van der Waals surface area (Å²) in [7, 11) is 0. The van der Waals surface area contributed by atoms with Crippen molar-refractivity contribution >= 4 is 11.8 Å². The van der Waals surface area contributed by atoms with Crippen LogP contribution >= 0.6 is 0 Å². The summed E-state index contributed by atoms with van der Waals surface area (Å²) in [4.78, 5) is 16.3. The number of aromatic nitrogens is 2. The van der Waals surface area contributed by atoms with E-state index >= 15 is 0 Å². The zero-order valence-corrected chi connectivity index (χ0v) is 15.1. The number of rotatable bonds is 4. The molecule has 2 aliphatic heterocycles. The second kappa shape index (κ2) is 7.99. The van der Waals surface area contributed by atoms with Gasteiger partial charge in [0.25, 0.3) is 0 Å². The second-order valence-electron chi connectivity index (χ2n) is 7.16. The van der Waals surface area contributed by atoms with Gasteiger partial charge in [0.15, 0.2) is 0 Å². The van der Waals surface area contributed by atoms with Crippen molar-refractivity contribution in [3.63, 3.8) is 0 Å². The van der Waals surface area contributed by atoms with Gasteiger partial charge in [-0.25, -0.2) is 9.37 Å². The predicted molar refractivity (Wildman–Crippen MR) is 102 cm³/mol. The highest BCUT2D eigenvalue weighted by molar-refractivity contribution is 5.44. The van der Waals surface area contributed by atoms with Gasteiger partial charge in [0, 0.05) is 52.0 Å². The van der Waals surface area contributed by atoms with Crippen LogP contribution in [0, 0.1) is 5.82 Å². The summed E-state index contributed by atoms with van der Waals surface area (Å²) >= 11 is 0. The number of nitrogens with zero attached hydrogens (tertiary/aromatic N) is 5. The molecule has 6 heteroatoms. The molecule has 0 unspecified atom stereocenters. The normalized spacial score (nSPS) is 19.0. The van der Waals surface area contributed by atoms with Gasteiger partial charge in [0.05, 0.1) is 0 Å². The highest BCUT2D eigenvalue weighted by atomic mass is 19.1. The number of halogens is 1. The molecule has 2 aromatic rings. The summed E-state index contributed by atoms with van der Waals surface area (Å²) in [5, 5.41) is 0. The fourth-order valence-electron chi connectivity index (χ4n) is 3.79. The molecule has 0 spiro atoms. The van der Waals surface area contributed by atoms with E-state index in [1.807, 2.05) is 18.3 Å². The maximum absolute atomic E-state index is 13.4. The number of hydrogen-bond donors (Lipinski definition) is 0. The van der Waals surface area contributed by atoms with Gasteiger partial charge in [0.1, 0.15) is 11.6 Å². The van der Waals surface area contributed by atoms with Crippen molar-refractivity contribution in [3.8, 4) is 0 Å². The minimum atomic E-state index is -0.160. The minimum absolute atomic E-state index is 0.160. The van der Waals surface area contributed by atoms with Gasteiger partial charge in [-0.3, -0.25) is 4.90 Å². The molecule has 0 saturated carbocycles. The van der Waals surface area contributed by atoms with Crippen molar-refractivity contribution in [2.75, 3.05) is 49.1 Å². The second-order valence-corrected chi connectivity index (χ2v) is 7.16. The highest BCUT2D eigenvalue weighted by Crippen LogP contribution is 2.20. The molecule has 0 aliphatic carbocycles. The number of anilines is 2. The van der Waals surface area contributed by atoms with Gasteiger partial charge in [-0.1, -0.05) is 12.1 Å². The Morgan fingerprint density at radius 3 is 2.46 bits per heavy atom. The van der Waals surface area contributed by atoms with Crippen molar-refractivity contribution in [2.45, 2.75) is 25.8 Å². The Morgan fingerprint density at radius 1 is 0.885 bits per heavy atom. The van der Waals surface area contributed by atoms with Crippen LogP contribution in [0.5, 0.6) is 0 Å². The quantitative estimate of drug-likeness (QED) is 0.843. The molecular weight excluding hydrogens is 329 g/mol. The van der Waals surface area contributed by atoms with Crippen LogP contribution in [-0.2, 0) is 6.54 Å². The summed E-state index contributed by atoms with van der Waals surface area (Å²) in [6.07, 6.45) is 5.65. The molecule has 26 heavy (non-hydrogen) atoms. The Kier molecular flexibility index (Phi) is 5.29. The molecule has 2 fully saturated rings. The molecule has 3 heterocycles. The maximum Gasteiger partial charge on any atom is 0.227 e. The largest absolute Gasteiger partial charge is 0.354 e. The smallest absolute Gasteiger partial charge is 0.227 e. The van der Waals surface area contributed by atoms with Crippen LogP contribution in [0.4, 0.5) is 16.2 Å². The standard InChI is InChI=1S/C20H26FN5/c21-18-6-4-5-17(15-18)16-24-11-13-25(14-12-24)19-7-8-22-20(23-19)26-9-2-1-3-10-26/h4-8,15H,1-3,9-14,16H2. The monoisotopic (exact) mass is 355 g/mol. The lowest BCUT2D eigenvalue weighted by molar-refractivity contribution is 0.249. The molecule has 4 rings (SSSR count). The van der Waals surface area contributed by atoms with Gasteiger partial charge in [-0.05, 0) is 43.0 Å². The van der Waals surface area contributed by atoms with E-state index in [0.717, 1.165) is 63.1 Å². The van der Waals surface area contributed by atoms with E-state index in [0.29, 0.717) is 0 Å². The molecule has 0 amide bonds. The van der Waals surface area contributed by atoms with Crippen LogP contribution in [0.25, 0.3) is 0 Å². The van der Waals surface area contributed by atoms with Gasteiger partial charge in [-0.15, -0.1) is 0 Å². The molecule has 0 N–H and O–H groups in total. The number of benzene rings is 1. The fourth-order valence-corrected chi connectivity index (χ4v) is 3.79. The zero-order chi connectivity index (χ0) is 17.8. The lowest BCUT2D eigenvalue weighted by Gasteiger charge is -2.36. The SMILES string of the molecule is Fc1cccc(CN2CCN(c3ccnc(N4CCCCC4)n3)CC2)c1. The molecule has 2 saturated heterocycles. The number of hydrogen-bond acceptors (Lipinski definition) is 5. The number of piperazine rings is 1. The first-order valence-electron chi connectivity index (χ1n) is 9.58. The molecular formula is C20H26FN5. The van der Waals surface area contributed by atoms with Crippen molar-refractivity contribution in [1.82, 2.24) is 14.9 Å². The summed E-state index contributed by atoms with van der Waals surface area (Å²) in [6.45, 7) is 6.71. The van der Waals surface area contributed by atoms with Crippen LogP contribution in [0.2, 0.25) is 0 Å². The van der Waals surface area contributed by atoms with Crippen molar-refractivity contribution in [1.29, 1.82) is 0 Å². The molecule has 5 nitrogen and oxygen atoms in total. The Morgan fingerprint density at radius 2 is 1.69 bits per heavy atom. The van der Waals surface area contributed by atoms with Crippen molar-refractivity contribution in [3.05, 3.63) is 47.9 Å². The molecule has 1 aromatic heterocycles. The van der Waals surface area contributed by atoms with E-state index in [4.69, 9.17) is 4.98 Å². The number of piperidine rings is 1. The highest BCUT2D eigenvalue weighted by Gasteiger charge is 2.20. The lowest BCUT2D eigenvalue weighted by atomic mass is 10.1. The fraction of sp³-hybridized carbons (Fsp3) is 0.500. The first-order chi connectivity index (χ1) is 12.8. The Labute approximate surface area is 154 Å². The van der Waals surface area contributed by atoms with Crippen molar-refractivity contribution in [2.24, 2.45) is 0 Å². The molecule has 0 bridgehead atoms. The van der Waals surface area contributed by atoms with Crippen LogP contribution in [0.3, 0.4) is 0 Å². The minimum Gasteiger partial charge on any atom is -0.354 e. The topological polar surface area (TPSA) is 35.5 Å². The third-order valence-corrected chi connectivity index (χ3v) is 5.26. The van der Waals surface area contributed by atoms with Crippen molar-refractivity contribution < 1.29 is 4.39 Å². The Balaban J connectivity index is 1.35. The van der Waals surface area contributed by atoms with Crippen LogP contribution in [0.15, 0.2) is 36.5 Å². The van der Waals surface area contributed by atoms with Gasteiger partial charge < -0.3 is 9.80 Å². The molecule has 0 atom stereocenters. The summed E-state index contributed by atoms with van der Waals surface area (Å²) in [5.74, 6) is 1.72. The van der Waals surface area contributed by atoms with Crippen LogP contribution < -0.4 is 9.80 Å². The van der Waals surface area contributed by atoms with Gasteiger partial charge in [0.2, 0.25) is 5.95 Å². The van der Waals surface area contributed by atoms with E-state index < -0.39 is 0 Å². The van der Waals surface area contributed by atoms with Crippen LogP contribution in [-0.4, -0.2) is 54.1 Å². The van der Waals surface area contributed by atoms with E-state index in [1.165, 1.54) is 25.3 Å². The molecule has 0 radical (unpaired) electrons. The average molecular weight is 355 g/mol. The first kappa shape index (κ1) is 17.2. The van der Waals surface area contributed by atoms with Crippen LogP contribution in [0.1, 0.15) is 24.8 Å². The Bertz CT molecular complexity index is 724. The van der Waals surface area contributed by atoms with Gasteiger partial charge in [-0.2, -0.15) is 4.98 Å². The first-order valence-corrected chi connectivity index (χ1v) is 9.58. The maximum atomic E-state index is 13.4. The van der Waals surface area contributed by atoms with Gasteiger partial charge >= 0.3 is 0 Å². The van der Waals surface area contributed by atoms with E-state index in [-0.39, 0.29) is 5.82 Å². The van der Waals surface area contributed by atoms with E-state index in [1.54, 1.807) is 12.1 Å². The third kappa shape index (κ3) is 4.12. The predicted octanol–water partition coefficient (Wildman–Crippen LogP) is 2.93. The van der Waals surface area contributed by atoms with E-state index in [2.05, 4.69) is 19.7 Å². The third-order valence-electron chi connectivity index (χ3n) is 5.26. The summed E-state index contributed by atoms with van der Waals surface area (Å²) < 4.78 is 13.4. The zero-order valence-electron chi connectivity index (χ0n) is 15.1. The molecule has 138 valence electrons. The van der Waals surface area contributed by atoms with E-state index in [9.17, 15) is 4.39 Å². The molecule has 1 aromatic carbocycles. The summed E-state index contributed by atoms with van der Waals surface area (Å²) in [6, 6.07) is 8.91. The average Bonchev–Trinajstić information content (AvgIpc) is 2.69. The lowest BCUT2D eigenvalue weighted by Crippen LogP contribution is -2.46. The molecule has 2 aliphatic rings. The summed E-state index contributed by atoms with van der Waals surface area (Å²) in [5.41, 5.74) is 1.04.